The standard InChI is InChI=1S/C24H32N2O4/c1-25(2)15-17-29-23(27)21-11-7-19(8-12-21)5-6-20-9-13-22(14-10-20)24(28)30-18-16-26(3)4/h7-14H,5-6,15-18H2,1-4H3. The highest BCUT2D eigenvalue weighted by atomic mass is 16.5. The van der Waals surface area contributed by atoms with Gasteiger partial charge in [0.1, 0.15) is 13.2 Å². The van der Waals surface area contributed by atoms with E-state index in [0.29, 0.717) is 37.4 Å². The third kappa shape index (κ3) is 8.35. The Morgan fingerprint density at radius 2 is 0.967 bits per heavy atom. The first-order valence-electron chi connectivity index (χ1n) is 10.2. The molecule has 0 radical (unpaired) electrons. The van der Waals surface area contributed by atoms with E-state index in [1.54, 1.807) is 24.3 Å². The van der Waals surface area contributed by atoms with Crippen LogP contribution in [0.2, 0.25) is 0 Å². The van der Waals surface area contributed by atoms with Crippen LogP contribution in [0.25, 0.3) is 0 Å². The Morgan fingerprint density at radius 3 is 1.27 bits per heavy atom. The molecule has 2 aromatic rings. The lowest BCUT2D eigenvalue weighted by Gasteiger charge is -2.10. The molecule has 0 atom stereocenters. The first kappa shape index (κ1) is 23.6. The van der Waals surface area contributed by atoms with E-state index >= 15 is 0 Å². The summed E-state index contributed by atoms with van der Waals surface area (Å²) in [4.78, 5) is 28.0. The van der Waals surface area contributed by atoms with Gasteiger partial charge < -0.3 is 19.3 Å². The molecule has 0 saturated carbocycles. The number of rotatable bonds is 11. The molecule has 0 heterocycles. The number of nitrogens with zero attached hydrogens (tertiary/aromatic N) is 2. The van der Waals surface area contributed by atoms with Crippen LogP contribution in [0.4, 0.5) is 0 Å². The molecule has 0 aromatic heterocycles. The van der Waals surface area contributed by atoms with Crippen LogP contribution in [-0.2, 0) is 22.3 Å². The third-order valence-corrected chi connectivity index (χ3v) is 4.62. The molecule has 162 valence electrons. The summed E-state index contributed by atoms with van der Waals surface area (Å²) in [5.74, 6) is -0.590. The summed E-state index contributed by atoms with van der Waals surface area (Å²) in [7, 11) is 7.76. The Balaban J connectivity index is 1.80. The third-order valence-electron chi connectivity index (χ3n) is 4.62. The molecule has 6 heteroatoms. The highest BCUT2D eigenvalue weighted by Crippen LogP contribution is 2.12. The second-order valence-electron chi connectivity index (χ2n) is 7.77. The van der Waals surface area contributed by atoms with Gasteiger partial charge in [-0.3, -0.25) is 0 Å². The molecule has 0 saturated heterocycles. The molecule has 2 aromatic carbocycles. The molecule has 0 unspecified atom stereocenters. The van der Waals surface area contributed by atoms with E-state index in [2.05, 4.69) is 0 Å². The van der Waals surface area contributed by atoms with Gasteiger partial charge in [-0.2, -0.15) is 0 Å². The number of hydrogen-bond acceptors (Lipinski definition) is 6. The minimum atomic E-state index is -0.295. The van der Waals surface area contributed by atoms with E-state index in [0.717, 1.165) is 24.0 Å². The summed E-state index contributed by atoms with van der Waals surface area (Å²) in [6.45, 7) is 2.17. The minimum Gasteiger partial charge on any atom is -0.461 e. The number of carbonyl (C=O) groups excluding carboxylic acids is 2. The van der Waals surface area contributed by atoms with E-state index in [-0.39, 0.29) is 11.9 Å². The Kier molecular flexibility index (Phi) is 9.51. The van der Waals surface area contributed by atoms with Gasteiger partial charge in [-0.25, -0.2) is 9.59 Å². The summed E-state index contributed by atoms with van der Waals surface area (Å²) in [6, 6.07) is 15.1. The molecule has 0 spiro atoms. The maximum Gasteiger partial charge on any atom is 0.338 e. The van der Waals surface area contributed by atoms with E-state index in [4.69, 9.17) is 9.47 Å². The highest BCUT2D eigenvalue weighted by Gasteiger charge is 2.09. The Morgan fingerprint density at radius 1 is 0.633 bits per heavy atom. The zero-order chi connectivity index (χ0) is 21.9. The van der Waals surface area contributed by atoms with Crippen LogP contribution in [0.15, 0.2) is 48.5 Å². The van der Waals surface area contributed by atoms with Gasteiger partial charge in [-0.05, 0) is 76.4 Å². The molecular weight excluding hydrogens is 380 g/mol. The second kappa shape index (κ2) is 12.1. The maximum absolute atomic E-state index is 12.0. The van der Waals surface area contributed by atoms with Crippen molar-refractivity contribution in [2.45, 2.75) is 12.8 Å². The Hall–Kier alpha value is -2.70. The van der Waals surface area contributed by atoms with Gasteiger partial charge in [0.15, 0.2) is 0 Å². The number of carbonyl (C=O) groups is 2. The van der Waals surface area contributed by atoms with E-state index in [1.807, 2.05) is 62.3 Å². The Bertz CT molecular complexity index is 729. The van der Waals surface area contributed by atoms with Crippen molar-refractivity contribution in [2.24, 2.45) is 0 Å². The number of likely N-dealkylation sites (N-methyl/N-ethyl adjacent to an activating group) is 2. The number of hydrogen-bond donors (Lipinski definition) is 0. The van der Waals surface area contributed by atoms with Gasteiger partial charge in [-0.15, -0.1) is 0 Å². The van der Waals surface area contributed by atoms with E-state index in [9.17, 15) is 9.59 Å². The first-order valence-corrected chi connectivity index (χ1v) is 10.2. The van der Waals surface area contributed by atoms with Gasteiger partial charge in [0.25, 0.3) is 0 Å². The molecule has 0 fully saturated rings. The van der Waals surface area contributed by atoms with Crippen molar-refractivity contribution < 1.29 is 19.1 Å². The number of ether oxygens (including phenoxy) is 2. The van der Waals surface area contributed by atoms with Crippen molar-refractivity contribution in [1.82, 2.24) is 9.80 Å². The van der Waals surface area contributed by atoms with Gasteiger partial charge >= 0.3 is 11.9 Å². The molecular formula is C24H32N2O4. The fourth-order valence-electron chi connectivity index (χ4n) is 2.71. The minimum absolute atomic E-state index is 0.295. The molecule has 30 heavy (non-hydrogen) atoms. The topological polar surface area (TPSA) is 59.1 Å². The number of esters is 2. The maximum atomic E-state index is 12.0. The summed E-state index contributed by atoms with van der Waals surface area (Å²) < 4.78 is 10.5. The molecule has 0 N–H and O–H groups in total. The molecule has 0 bridgehead atoms. The lowest BCUT2D eigenvalue weighted by atomic mass is 10.0. The van der Waals surface area contributed by atoms with Crippen LogP contribution in [0.5, 0.6) is 0 Å². The van der Waals surface area contributed by atoms with Crippen LogP contribution in [0.1, 0.15) is 31.8 Å². The smallest absolute Gasteiger partial charge is 0.338 e. The Labute approximate surface area is 179 Å². The van der Waals surface area contributed by atoms with Crippen LogP contribution in [0, 0.1) is 0 Å². The van der Waals surface area contributed by atoms with Crippen LogP contribution in [-0.4, -0.2) is 76.2 Å². The van der Waals surface area contributed by atoms with Crippen molar-refractivity contribution in [3.8, 4) is 0 Å². The lowest BCUT2D eigenvalue weighted by Crippen LogP contribution is -2.20. The summed E-state index contributed by atoms with van der Waals surface area (Å²) >= 11 is 0. The molecule has 0 aliphatic rings. The van der Waals surface area contributed by atoms with Gasteiger partial charge in [0.2, 0.25) is 0 Å². The summed E-state index contributed by atoms with van der Waals surface area (Å²) in [5.41, 5.74) is 3.42. The fourth-order valence-corrected chi connectivity index (χ4v) is 2.71. The molecule has 0 aliphatic heterocycles. The first-order chi connectivity index (χ1) is 14.3. The zero-order valence-electron chi connectivity index (χ0n) is 18.4. The fraction of sp³-hybridized carbons (Fsp3) is 0.417. The zero-order valence-corrected chi connectivity index (χ0v) is 18.4. The van der Waals surface area contributed by atoms with Crippen molar-refractivity contribution in [3.05, 3.63) is 70.8 Å². The average molecular weight is 413 g/mol. The predicted octanol–water partition coefficient (Wildman–Crippen LogP) is 2.91. The SMILES string of the molecule is CN(C)CCOC(=O)c1ccc(CCc2ccc(C(=O)OCCN(C)C)cc2)cc1. The van der Waals surface area contributed by atoms with Crippen molar-refractivity contribution in [1.29, 1.82) is 0 Å². The van der Waals surface area contributed by atoms with Crippen LogP contribution < -0.4 is 0 Å². The number of aryl methyl sites for hydroxylation is 2. The summed E-state index contributed by atoms with van der Waals surface area (Å²) in [5, 5.41) is 0. The van der Waals surface area contributed by atoms with Gasteiger partial charge in [-0.1, -0.05) is 24.3 Å². The van der Waals surface area contributed by atoms with E-state index in [1.165, 1.54) is 0 Å². The summed E-state index contributed by atoms with van der Waals surface area (Å²) in [6.07, 6.45) is 1.70. The molecule has 0 amide bonds. The van der Waals surface area contributed by atoms with Crippen molar-refractivity contribution in [2.75, 3.05) is 54.5 Å². The highest BCUT2D eigenvalue weighted by molar-refractivity contribution is 5.89. The molecule has 2 rings (SSSR count). The number of benzene rings is 2. The van der Waals surface area contributed by atoms with Crippen LogP contribution >= 0.6 is 0 Å². The predicted molar refractivity (Wildman–Crippen MR) is 118 cm³/mol. The van der Waals surface area contributed by atoms with E-state index < -0.39 is 0 Å². The van der Waals surface area contributed by atoms with Crippen molar-refractivity contribution >= 4 is 11.9 Å². The monoisotopic (exact) mass is 412 g/mol. The largest absolute Gasteiger partial charge is 0.461 e. The second-order valence-corrected chi connectivity index (χ2v) is 7.77. The average Bonchev–Trinajstić information content (AvgIpc) is 2.72. The van der Waals surface area contributed by atoms with Crippen LogP contribution in [0.3, 0.4) is 0 Å². The molecule has 6 nitrogen and oxygen atoms in total. The molecule has 0 aliphatic carbocycles. The van der Waals surface area contributed by atoms with Gasteiger partial charge in [0, 0.05) is 13.1 Å². The lowest BCUT2D eigenvalue weighted by molar-refractivity contribution is 0.0472. The quantitative estimate of drug-likeness (QED) is 0.529. The normalized spacial score (nSPS) is 11.0. The van der Waals surface area contributed by atoms with Crippen molar-refractivity contribution in [3.63, 3.8) is 0 Å². The van der Waals surface area contributed by atoms with Gasteiger partial charge in [0.05, 0.1) is 11.1 Å².